The Morgan fingerprint density at radius 1 is 1.43 bits per heavy atom. The van der Waals surface area contributed by atoms with Crippen LogP contribution < -0.4 is 0 Å². The Morgan fingerprint density at radius 2 is 2.14 bits per heavy atom. The first-order valence-electron chi connectivity index (χ1n) is 4.28. The fraction of sp³-hybridized carbons (Fsp3) is 0.400. The molecule has 0 radical (unpaired) electrons. The molecule has 0 aliphatic carbocycles. The Balaban J connectivity index is 0.000000364. The summed E-state index contributed by atoms with van der Waals surface area (Å²) in [5.41, 5.74) is 0. The van der Waals surface area contributed by atoms with Gasteiger partial charge in [0.2, 0.25) is 0 Å². The molecule has 0 fully saturated rings. The van der Waals surface area contributed by atoms with Gasteiger partial charge >= 0.3 is 0 Å². The fourth-order valence-electron chi connectivity index (χ4n) is 0.638. The van der Waals surface area contributed by atoms with E-state index in [4.69, 9.17) is 19.4 Å². The predicted octanol–water partition coefficient (Wildman–Crippen LogP) is 0.953. The van der Waals surface area contributed by atoms with Crippen molar-refractivity contribution in [1.82, 2.24) is 0 Å². The topological polar surface area (TPSA) is 62.8 Å². The second kappa shape index (κ2) is 9.98. The molecule has 1 aromatic rings. The van der Waals surface area contributed by atoms with E-state index < -0.39 is 0 Å². The minimum atomic E-state index is -0.125. The van der Waals surface area contributed by atoms with Gasteiger partial charge < -0.3 is 19.4 Å². The van der Waals surface area contributed by atoms with Gasteiger partial charge in [0, 0.05) is 0 Å². The summed E-state index contributed by atoms with van der Waals surface area (Å²) in [6, 6.07) is 3.72. The van der Waals surface area contributed by atoms with Crippen molar-refractivity contribution in [2.75, 3.05) is 19.8 Å². The Labute approximate surface area is 83.4 Å². The van der Waals surface area contributed by atoms with Crippen LogP contribution in [0.25, 0.3) is 0 Å². The SMILES string of the molecule is C=CCOCc1ccco1.OCCO. The quantitative estimate of drug-likeness (QED) is 0.548. The number of hydrogen-bond acceptors (Lipinski definition) is 4. The maximum Gasteiger partial charge on any atom is 0.129 e. The van der Waals surface area contributed by atoms with Crippen LogP contribution in [0.4, 0.5) is 0 Å². The molecule has 0 atom stereocenters. The lowest BCUT2D eigenvalue weighted by atomic mass is 10.5. The molecule has 0 aromatic carbocycles. The molecule has 0 bridgehead atoms. The van der Waals surface area contributed by atoms with E-state index in [9.17, 15) is 0 Å². The van der Waals surface area contributed by atoms with Crippen molar-refractivity contribution in [3.63, 3.8) is 0 Å². The Bertz CT molecular complexity index is 204. The van der Waals surface area contributed by atoms with E-state index in [1.165, 1.54) is 0 Å². The van der Waals surface area contributed by atoms with Crippen molar-refractivity contribution in [2.24, 2.45) is 0 Å². The van der Waals surface area contributed by atoms with Gasteiger partial charge in [0.1, 0.15) is 12.4 Å². The van der Waals surface area contributed by atoms with E-state index >= 15 is 0 Å². The fourth-order valence-corrected chi connectivity index (χ4v) is 0.638. The first-order chi connectivity index (χ1) is 6.85. The standard InChI is InChI=1S/C8H10O2.C2H6O2/c1-2-5-9-7-8-4-3-6-10-8;3-1-2-4/h2-4,6H,1,5,7H2;3-4H,1-2H2. The van der Waals surface area contributed by atoms with Crippen LogP contribution in [0, 0.1) is 0 Å². The van der Waals surface area contributed by atoms with E-state index in [0.29, 0.717) is 13.2 Å². The van der Waals surface area contributed by atoms with Gasteiger partial charge in [-0.1, -0.05) is 6.08 Å². The number of furan rings is 1. The third-order valence-corrected chi connectivity index (χ3v) is 1.16. The summed E-state index contributed by atoms with van der Waals surface area (Å²) in [5.74, 6) is 0.849. The summed E-state index contributed by atoms with van der Waals surface area (Å²) in [7, 11) is 0. The maximum atomic E-state index is 7.62. The number of ether oxygens (including phenoxy) is 1. The van der Waals surface area contributed by atoms with E-state index in [1.54, 1.807) is 12.3 Å². The lowest BCUT2D eigenvalue weighted by Gasteiger charge is -1.94. The number of aliphatic hydroxyl groups excluding tert-OH is 2. The van der Waals surface area contributed by atoms with E-state index in [-0.39, 0.29) is 13.2 Å². The van der Waals surface area contributed by atoms with Gasteiger partial charge in [-0.2, -0.15) is 0 Å². The summed E-state index contributed by atoms with van der Waals surface area (Å²) in [6.07, 6.45) is 3.34. The largest absolute Gasteiger partial charge is 0.467 e. The highest BCUT2D eigenvalue weighted by molar-refractivity contribution is 4.96. The predicted molar refractivity (Wildman–Crippen MR) is 52.7 cm³/mol. The van der Waals surface area contributed by atoms with Gasteiger partial charge in [-0.05, 0) is 12.1 Å². The lowest BCUT2D eigenvalue weighted by Crippen LogP contribution is -1.89. The minimum Gasteiger partial charge on any atom is -0.467 e. The third kappa shape index (κ3) is 7.54. The van der Waals surface area contributed by atoms with Crippen LogP contribution in [0.15, 0.2) is 35.5 Å². The smallest absolute Gasteiger partial charge is 0.129 e. The van der Waals surface area contributed by atoms with Crippen LogP contribution in [0.5, 0.6) is 0 Å². The molecule has 0 saturated heterocycles. The Kier molecular flexibility index (Phi) is 9.20. The monoisotopic (exact) mass is 200 g/mol. The zero-order valence-corrected chi connectivity index (χ0v) is 8.06. The van der Waals surface area contributed by atoms with Crippen molar-refractivity contribution in [3.05, 3.63) is 36.8 Å². The van der Waals surface area contributed by atoms with Crippen molar-refractivity contribution < 1.29 is 19.4 Å². The molecule has 14 heavy (non-hydrogen) atoms. The van der Waals surface area contributed by atoms with Gasteiger partial charge in [-0.3, -0.25) is 0 Å². The normalized spacial score (nSPS) is 9.00. The molecule has 80 valence electrons. The molecular weight excluding hydrogens is 184 g/mol. The van der Waals surface area contributed by atoms with Crippen LogP contribution in [0.3, 0.4) is 0 Å². The maximum absolute atomic E-state index is 7.62. The second-order valence-corrected chi connectivity index (χ2v) is 2.33. The van der Waals surface area contributed by atoms with Crippen LogP contribution >= 0.6 is 0 Å². The molecular formula is C10H16O4. The summed E-state index contributed by atoms with van der Waals surface area (Å²) in [6.45, 7) is 4.37. The molecule has 0 aliphatic rings. The van der Waals surface area contributed by atoms with E-state index in [1.807, 2.05) is 12.1 Å². The lowest BCUT2D eigenvalue weighted by molar-refractivity contribution is 0.132. The van der Waals surface area contributed by atoms with Crippen molar-refractivity contribution in [1.29, 1.82) is 0 Å². The number of hydrogen-bond donors (Lipinski definition) is 2. The highest BCUT2D eigenvalue weighted by atomic mass is 16.5. The summed E-state index contributed by atoms with van der Waals surface area (Å²) >= 11 is 0. The Morgan fingerprint density at radius 3 is 2.57 bits per heavy atom. The molecule has 1 heterocycles. The molecule has 4 heteroatoms. The van der Waals surface area contributed by atoms with Crippen LogP contribution in [-0.4, -0.2) is 30.0 Å². The molecule has 2 N–H and O–H groups in total. The number of aliphatic hydroxyl groups is 2. The van der Waals surface area contributed by atoms with Gasteiger partial charge in [0.05, 0.1) is 26.1 Å². The first kappa shape index (κ1) is 12.9. The van der Waals surface area contributed by atoms with Gasteiger partial charge in [-0.15, -0.1) is 6.58 Å². The molecule has 0 amide bonds. The second-order valence-electron chi connectivity index (χ2n) is 2.33. The van der Waals surface area contributed by atoms with Crippen molar-refractivity contribution in [3.8, 4) is 0 Å². The third-order valence-electron chi connectivity index (χ3n) is 1.16. The zero-order chi connectivity index (χ0) is 10.6. The highest BCUT2D eigenvalue weighted by Gasteiger charge is 1.91. The van der Waals surface area contributed by atoms with Crippen LogP contribution in [0.2, 0.25) is 0 Å². The zero-order valence-electron chi connectivity index (χ0n) is 8.06. The van der Waals surface area contributed by atoms with Gasteiger partial charge in [0.15, 0.2) is 0 Å². The summed E-state index contributed by atoms with van der Waals surface area (Å²) in [4.78, 5) is 0. The van der Waals surface area contributed by atoms with E-state index in [2.05, 4.69) is 6.58 Å². The molecule has 0 unspecified atom stereocenters. The Hall–Kier alpha value is -1.10. The van der Waals surface area contributed by atoms with Crippen LogP contribution in [0.1, 0.15) is 5.76 Å². The molecule has 1 rings (SSSR count). The molecule has 1 aromatic heterocycles. The average Bonchev–Trinajstić information content (AvgIpc) is 2.72. The van der Waals surface area contributed by atoms with Gasteiger partial charge in [-0.25, -0.2) is 0 Å². The molecule has 0 saturated carbocycles. The molecule has 0 aliphatic heterocycles. The minimum absolute atomic E-state index is 0.125. The van der Waals surface area contributed by atoms with Crippen molar-refractivity contribution >= 4 is 0 Å². The average molecular weight is 200 g/mol. The van der Waals surface area contributed by atoms with Gasteiger partial charge in [0.25, 0.3) is 0 Å². The highest BCUT2D eigenvalue weighted by Crippen LogP contribution is 2.00. The summed E-state index contributed by atoms with van der Waals surface area (Å²) < 4.78 is 10.1. The number of rotatable bonds is 5. The van der Waals surface area contributed by atoms with E-state index in [0.717, 1.165) is 5.76 Å². The first-order valence-corrected chi connectivity index (χ1v) is 4.28. The van der Waals surface area contributed by atoms with Crippen LogP contribution in [-0.2, 0) is 11.3 Å². The molecule has 4 nitrogen and oxygen atoms in total. The summed E-state index contributed by atoms with van der Waals surface area (Å²) in [5, 5.41) is 15.2. The molecule has 0 spiro atoms. The van der Waals surface area contributed by atoms with Crippen molar-refractivity contribution in [2.45, 2.75) is 6.61 Å².